The largest absolute Gasteiger partial charge is 0.373 e. The highest BCUT2D eigenvalue weighted by Gasteiger charge is 2.12. The van der Waals surface area contributed by atoms with Gasteiger partial charge in [-0.2, -0.15) is 0 Å². The molecule has 1 aliphatic rings. The maximum Gasteiger partial charge on any atom is 0.0888 e. The van der Waals surface area contributed by atoms with Crippen molar-refractivity contribution >= 4 is 11.3 Å². The van der Waals surface area contributed by atoms with Crippen LogP contribution in [0.15, 0.2) is 17.5 Å². The predicted molar refractivity (Wildman–Crippen MR) is 73.5 cm³/mol. The van der Waals surface area contributed by atoms with Gasteiger partial charge in [-0.15, -0.1) is 11.3 Å². The second kappa shape index (κ2) is 7.14. The summed E-state index contributed by atoms with van der Waals surface area (Å²) in [4.78, 5) is 1.34. The Morgan fingerprint density at radius 1 is 1.59 bits per heavy atom. The summed E-state index contributed by atoms with van der Waals surface area (Å²) < 4.78 is 5.87. The minimum absolute atomic E-state index is 0.263. The van der Waals surface area contributed by atoms with Crippen LogP contribution in [0.4, 0.5) is 0 Å². The molecule has 1 aliphatic heterocycles. The van der Waals surface area contributed by atoms with Gasteiger partial charge in [-0.3, -0.25) is 0 Å². The van der Waals surface area contributed by atoms with Gasteiger partial charge in [0.1, 0.15) is 0 Å². The molecule has 0 unspecified atom stereocenters. The van der Waals surface area contributed by atoms with Crippen LogP contribution in [0, 0.1) is 5.92 Å². The normalized spacial score (nSPS) is 22.5. The number of hydrogen-bond acceptors (Lipinski definition) is 3. The second-order valence-electron chi connectivity index (χ2n) is 4.88. The second-order valence-corrected chi connectivity index (χ2v) is 5.86. The van der Waals surface area contributed by atoms with E-state index in [-0.39, 0.29) is 6.10 Å². The Bertz CT molecular complexity index is 293. The van der Waals surface area contributed by atoms with Gasteiger partial charge in [0, 0.05) is 11.5 Å². The summed E-state index contributed by atoms with van der Waals surface area (Å²) in [6, 6.07) is 4.24. The zero-order valence-corrected chi connectivity index (χ0v) is 11.5. The molecule has 2 rings (SSSR count). The first-order valence-electron chi connectivity index (χ1n) is 6.72. The standard InChI is InChI=1S/C14H23NOS/c1-12(14-7-4-10-17-14)16-9-3-6-13-5-2-8-15-11-13/h4,7,10,12-13,15H,2-3,5-6,8-9,11H2,1H3/t12-,13-/m1/s1. The zero-order chi connectivity index (χ0) is 11.9. The number of ether oxygens (including phenoxy) is 1. The number of nitrogens with one attached hydrogen (secondary N) is 1. The van der Waals surface area contributed by atoms with Crippen LogP contribution in [0.5, 0.6) is 0 Å². The molecule has 0 bridgehead atoms. The van der Waals surface area contributed by atoms with Crippen molar-refractivity contribution in [1.82, 2.24) is 5.32 Å². The molecule has 2 heterocycles. The lowest BCUT2D eigenvalue weighted by Crippen LogP contribution is -2.29. The van der Waals surface area contributed by atoms with Gasteiger partial charge >= 0.3 is 0 Å². The molecule has 1 fully saturated rings. The van der Waals surface area contributed by atoms with E-state index >= 15 is 0 Å². The van der Waals surface area contributed by atoms with E-state index in [1.165, 1.54) is 43.6 Å². The number of piperidine rings is 1. The molecule has 3 heteroatoms. The fraction of sp³-hybridized carbons (Fsp3) is 0.714. The highest BCUT2D eigenvalue weighted by atomic mass is 32.1. The number of hydrogen-bond donors (Lipinski definition) is 1. The fourth-order valence-corrected chi connectivity index (χ4v) is 3.14. The van der Waals surface area contributed by atoms with Crippen LogP contribution in [0.25, 0.3) is 0 Å². The van der Waals surface area contributed by atoms with Crippen molar-refractivity contribution in [3.05, 3.63) is 22.4 Å². The molecule has 17 heavy (non-hydrogen) atoms. The highest BCUT2D eigenvalue weighted by Crippen LogP contribution is 2.22. The molecule has 0 aromatic carbocycles. The third-order valence-electron chi connectivity index (χ3n) is 3.47. The smallest absolute Gasteiger partial charge is 0.0888 e. The third kappa shape index (κ3) is 4.41. The van der Waals surface area contributed by atoms with Gasteiger partial charge in [0.15, 0.2) is 0 Å². The first kappa shape index (κ1) is 13.1. The molecule has 1 aromatic rings. The first-order chi connectivity index (χ1) is 8.36. The van der Waals surface area contributed by atoms with Crippen LogP contribution in [-0.2, 0) is 4.74 Å². The summed E-state index contributed by atoms with van der Waals surface area (Å²) in [6.07, 6.45) is 5.51. The third-order valence-corrected chi connectivity index (χ3v) is 4.50. The van der Waals surface area contributed by atoms with Gasteiger partial charge < -0.3 is 10.1 Å². The average Bonchev–Trinajstić information content (AvgIpc) is 2.89. The minimum Gasteiger partial charge on any atom is -0.373 e. The maximum absolute atomic E-state index is 5.87. The Morgan fingerprint density at radius 2 is 2.53 bits per heavy atom. The molecule has 1 N–H and O–H groups in total. The van der Waals surface area contributed by atoms with Crippen molar-refractivity contribution in [2.45, 2.75) is 38.7 Å². The van der Waals surface area contributed by atoms with E-state index in [4.69, 9.17) is 4.74 Å². The van der Waals surface area contributed by atoms with E-state index in [9.17, 15) is 0 Å². The molecule has 2 nitrogen and oxygen atoms in total. The fourth-order valence-electron chi connectivity index (χ4n) is 2.41. The Balaban J connectivity index is 1.56. The summed E-state index contributed by atoms with van der Waals surface area (Å²) >= 11 is 1.78. The summed E-state index contributed by atoms with van der Waals surface area (Å²) in [5.41, 5.74) is 0. The zero-order valence-electron chi connectivity index (χ0n) is 10.7. The lowest BCUT2D eigenvalue weighted by atomic mass is 9.95. The van der Waals surface area contributed by atoms with E-state index in [2.05, 4.69) is 29.8 Å². The van der Waals surface area contributed by atoms with Crippen LogP contribution in [0.1, 0.15) is 43.6 Å². The molecule has 96 valence electrons. The van der Waals surface area contributed by atoms with E-state index in [1.54, 1.807) is 11.3 Å². The molecule has 0 saturated carbocycles. The molecule has 0 radical (unpaired) electrons. The predicted octanol–water partition coefficient (Wildman–Crippen LogP) is 3.61. The van der Waals surface area contributed by atoms with Gasteiger partial charge in [0.05, 0.1) is 6.10 Å². The molecule has 1 saturated heterocycles. The quantitative estimate of drug-likeness (QED) is 0.782. The van der Waals surface area contributed by atoms with Crippen LogP contribution in [-0.4, -0.2) is 19.7 Å². The summed E-state index contributed by atoms with van der Waals surface area (Å²) in [5, 5.41) is 5.58. The van der Waals surface area contributed by atoms with Gasteiger partial charge in [-0.25, -0.2) is 0 Å². The topological polar surface area (TPSA) is 21.3 Å². The summed E-state index contributed by atoms with van der Waals surface area (Å²) in [5.74, 6) is 0.879. The maximum atomic E-state index is 5.87. The van der Waals surface area contributed by atoms with E-state index in [0.717, 1.165) is 12.5 Å². The lowest BCUT2D eigenvalue weighted by molar-refractivity contribution is 0.0625. The molecule has 2 atom stereocenters. The molecule has 1 aromatic heterocycles. The lowest BCUT2D eigenvalue weighted by Gasteiger charge is -2.22. The van der Waals surface area contributed by atoms with Crippen LogP contribution < -0.4 is 5.32 Å². The Hall–Kier alpha value is -0.380. The van der Waals surface area contributed by atoms with E-state index in [0.29, 0.717) is 0 Å². The van der Waals surface area contributed by atoms with Gasteiger partial charge in [-0.1, -0.05) is 6.07 Å². The monoisotopic (exact) mass is 253 g/mol. The van der Waals surface area contributed by atoms with Crippen LogP contribution >= 0.6 is 11.3 Å². The average molecular weight is 253 g/mol. The van der Waals surface area contributed by atoms with Crippen LogP contribution in [0.3, 0.4) is 0 Å². The number of thiophene rings is 1. The van der Waals surface area contributed by atoms with Gasteiger partial charge in [0.25, 0.3) is 0 Å². The van der Waals surface area contributed by atoms with Crippen molar-refractivity contribution < 1.29 is 4.74 Å². The Labute approximate surface area is 108 Å². The Kier molecular flexibility index (Phi) is 5.49. The Morgan fingerprint density at radius 3 is 3.24 bits per heavy atom. The molecular formula is C14H23NOS. The van der Waals surface area contributed by atoms with E-state index < -0.39 is 0 Å². The van der Waals surface area contributed by atoms with Crippen molar-refractivity contribution in [3.63, 3.8) is 0 Å². The molecule has 0 amide bonds. The molecule has 0 spiro atoms. The minimum atomic E-state index is 0.263. The summed E-state index contributed by atoms with van der Waals surface area (Å²) in [7, 11) is 0. The van der Waals surface area contributed by atoms with Gasteiger partial charge in [0.2, 0.25) is 0 Å². The van der Waals surface area contributed by atoms with Crippen LogP contribution in [0.2, 0.25) is 0 Å². The van der Waals surface area contributed by atoms with Gasteiger partial charge in [-0.05, 0) is 63.1 Å². The highest BCUT2D eigenvalue weighted by molar-refractivity contribution is 7.10. The first-order valence-corrected chi connectivity index (χ1v) is 7.60. The SMILES string of the molecule is C[C@@H](OCCC[C@H]1CCCNC1)c1cccs1. The van der Waals surface area contributed by atoms with Crippen molar-refractivity contribution in [2.75, 3.05) is 19.7 Å². The van der Waals surface area contributed by atoms with Crippen molar-refractivity contribution in [2.24, 2.45) is 5.92 Å². The van der Waals surface area contributed by atoms with Crippen molar-refractivity contribution in [1.29, 1.82) is 0 Å². The molecule has 0 aliphatic carbocycles. The van der Waals surface area contributed by atoms with E-state index in [1.807, 2.05) is 0 Å². The molecular weight excluding hydrogens is 230 g/mol. The van der Waals surface area contributed by atoms with Crippen molar-refractivity contribution in [3.8, 4) is 0 Å². The summed E-state index contributed by atoms with van der Waals surface area (Å²) in [6.45, 7) is 5.46. The number of rotatable bonds is 6.